The largest absolute Gasteiger partial charge is 0.306 e. The van der Waals surface area contributed by atoms with Crippen molar-refractivity contribution in [1.82, 2.24) is 10.3 Å². The first kappa shape index (κ1) is 10.6. The average molecular weight is 250 g/mol. The molecule has 1 fully saturated rings. The lowest BCUT2D eigenvalue weighted by molar-refractivity contribution is 0.593. The Balaban J connectivity index is 2.01. The minimum Gasteiger partial charge on any atom is -0.306 e. The van der Waals surface area contributed by atoms with Crippen LogP contribution in [0, 0.1) is 6.92 Å². The van der Waals surface area contributed by atoms with Crippen LogP contribution in [-0.4, -0.2) is 23.0 Å². The van der Waals surface area contributed by atoms with E-state index in [1.165, 1.54) is 26.5 Å². The lowest BCUT2D eigenvalue weighted by atomic mass is 10.2. The van der Waals surface area contributed by atoms with Gasteiger partial charge in [-0.3, -0.25) is 0 Å². The Morgan fingerprint density at radius 1 is 1.44 bits per heavy atom. The number of nitrogens with zero attached hydrogens (tertiary/aromatic N) is 1. The van der Waals surface area contributed by atoms with Crippen molar-refractivity contribution in [2.75, 3.05) is 18.1 Å². The molecule has 0 saturated carbocycles. The van der Waals surface area contributed by atoms with Crippen molar-refractivity contribution in [2.24, 2.45) is 0 Å². The number of thioether (sulfide) groups is 1. The number of hydrogen-bond donors (Lipinski definition) is 1. The monoisotopic (exact) mass is 250 g/mol. The van der Waals surface area contributed by atoms with Crippen molar-refractivity contribution in [2.45, 2.75) is 13.0 Å². The van der Waals surface area contributed by atoms with Crippen LogP contribution in [0.15, 0.2) is 18.2 Å². The van der Waals surface area contributed by atoms with Gasteiger partial charge in [0.25, 0.3) is 0 Å². The Bertz CT molecular complexity index is 501. The molecule has 2 aromatic rings. The van der Waals surface area contributed by atoms with Crippen LogP contribution in [0.2, 0.25) is 0 Å². The minimum atomic E-state index is 0.454. The summed E-state index contributed by atoms with van der Waals surface area (Å²) in [6.45, 7) is 3.24. The fraction of sp³-hybridized carbons (Fsp3) is 0.417. The predicted molar refractivity (Wildman–Crippen MR) is 72.4 cm³/mol. The highest BCUT2D eigenvalue weighted by atomic mass is 32.2. The standard InChI is InChI=1S/C12H14N2S2/c1-8-3-2-4-10-11(8)14-12(16-10)9-7-15-6-5-13-9/h2-4,9,13H,5-7H2,1H3. The number of thiazole rings is 1. The molecule has 2 heterocycles. The number of benzene rings is 1. The maximum atomic E-state index is 4.78. The maximum absolute atomic E-state index is 4.78. The van der Waals surface area contributed by atoms with Gasteiger partial charge < -0.3 is 5.32 Å². The normalized spacial score (nSPS) is 21.4. The molecule has 1 unspecified atom stereocenters. The summed E-state index contributed by atoms with van der Waals surface area (Å²) in [5, 5.41) is 4.79. The van der Waals surface area contributed by atoms with Crippen LogP contribution >= 0.6 is 23.1 Å². The van der Waals surface area contributed by atoms with E-state index in [4.69, 9.17) is 4.98 Å². The van der Waals surface area contributed by atoms with Crippen molar-refractivity contribution in [3.05, 3.63) is 28.8 Å². The summed E-state index contributed by atoms with van der Waals surface area (Å²) in [5.41, 5.74) is 2.46. The molecular weight excluding hydrogens is 236 g/mol. The fourth-order valence-corrected chi connectivity index (χ4v) is 4.14. The van der Waals surface area contributed by atoms with Crippen LogP contribution in [0.4, 0.5) is 0 Å². The fourth-order valence-electron chi connectivity index (χ4n) is 1.98. The first-order chi connectivity index (χ1) is 7.84. The molecule has 1 N–H and O–H groups in total. The SMILES string of the molecule is Cc1cccc2sc(C3CSCCN3)nc12. The molecule has 0 spiro atoms. The molecule has 0 amide bonds. The summed E-state index contributed by atoms with van der Waals surface area (Å²) < 4.78 is 1.31. The van der Waals surface area contributed by atoms with E-state index in [0.29, 0.717) is 6.04 Å². The Morgan fingerprint density at radius 3 is 3.12 bits per heavy atom. The summed E-state index contributed by atoms with van der Waals surface area (Å²) >= 11 is 3.85. The Morgan fingerprint density at radius 2 is 2.38 bits per heavy atom. The van der Waals surface area contributed by atoms with Gasteiger partial charge >= 0.3 is 0 Å². The average Bonchev–Trinajstić information content (AvgIpc) is 2.76. The highest BCUT2D eigenvalue weighted by molar-refractivity contribution is 7.99. The second kappa shape index (κ2) is 4.35. The molecule has 1 aliphatic rings. The second-order valence-electron chi connectivity index (χ2n) is 4.06. The van der Waals surface area contributed by atoms with E-state index in [-0.39, 0.29) is 0 Å². The van der Waals surface area contributed by atoms with Gasteiger partial charge in [-0.1, -0.05) is 12.1 Å². The minimum absolute atomic E-state index is 0.454. The highest BCUT2D eigenvalue weighted by Crippen LogP contribution is 2.30. The van der Waals surface area contributed by atoms with E-state index in [0.717, 1.165) is 12.3 Å². The zero-order chi connectivity index (χ0) is 11.0. The molecule has 1 aromatic carbocycles. The van der Waals surface area contributed by atoms with Crippen LogP contribution in [-0.2, 0) is 0 Å². The third-order valence-corrected chi connectivity index (χ3v) is 5.05. The Hall–Kier alpha value is -0.580. The quantitative estimate of drug-likeness (QED) is 0.842. The van der Waals surface area contributed by atoms with E-state index >= 15 is 0 Å². The van der Waals surface area contributed by atoms with Crippen LogP contribution in [0.3, 0.4) is 0 Å². The molecule has 4 heteroatoms. The van der Waals surface area contributed by atoms with Gasteiger partial charge in [-0.15, -0.1) is 11.3 Å². The van der Waals surface area contributed by atoms with E-state index in [9.17, 15) is 0 Å². The topological polar surface area (TPSA) is 24.9 Å². The smallest absolute Gasteiger partial charge is 0.112 e. The first-order valence-electron chi connectivity index (χ1n) is 5.52. The molecule has 84 valence electrons. The third kappa shape index (κ3) is 1.85. The molecule has 1 saturated heterocycles. The summed E-state index contributed by atoms with van der Waals surface area (Å²) in [4.78, 5) is 4.78. The number of nitrogens with one attached hydrogen (secondary N) is 1. The van der Waals surface area contributed by atoms with Crippen molar-refractivity contribution in [3.63, 3.8) is 0 Å². The van der Waals surface area contributed by atoms with Gasteiger partial charge in [0.2, 0.25) is 0 Å². The van der Waals surface area contributed by atoms with Crippen molar-refractivity contribution in [3.8, 4) is 0 Å². The molecule has 0 bridgehead atoms. The van der Waals surface area contributed by atoms with Crippen molar-refractivity contribution >= 4 is 33.3 Å². The lowest BCUT2D eigenvalue weighted by Crippen LogP contribution is -2.30. The third-order valence-electron chi connectivity index (χ3n) is 2.86. The molecule has 1 atom stereocenters. The summed E-state index contributed by atoms with van der Waals surface area (Å²) in [6.07, 6.45) is 0. The number of hydrogen-bond acceptors (Lipinski definition) is 4. The molecule has 16 heavy (non-hydrogen) atoms. The number of rotatable bonds is 1. The number of para-hydroxylation sites is 1. The van der Waals surface area contributed by atoms with Crippen LogP contribution in [0.25, 0.3) is 10.2 Å². The van der Waals surface area contributed by atoms with Gasteiger partial charge in [0.1, 0.15) is 5.01 Å². The van der Waals surface area contributed by atoms with Gasteiger partial charge in [-0.25, -0.2) is 4.98 Å². The predicted octanol–water partition coefficient (Wildman–Crippen LogP) is 2.98. The zero-order valence-electron chi connectivity index (χ0n) is 9.19. The molecule has 1 aliphatic heterocycles. The van der Waals surface area contributed by atoms with Crippen LogP contribution < -0.4 is 5.32 Å². The van der Waals surface area contributed by atoms with Gasteiger partial charge in [-0.05, 0) is 18.6 Å². The van der Waals surface area contributed by atoms with E-state index < -0.39 is 0 Å². The van der Waals surface area contributed by atoms with Gasteiger partial charge in [-0.2, -0.15) is 11.8 Å². The maximum Gasteiger partial charge on any atom is 0.112 e. The molecule has 3 rings (SSSR count). The molecule has 0 radical (unpaired) electrons. The molecule has 1 aromatic heterocycles. The zero-order valence-corrected chi connectivity index (χ0v) is 10.8. The Kier molecular flexibility index (Phi) is 2.88. The number of aryl methyl sites for hydroxylation is 1. The molecule has 2 nitrogen and oxygen atoms in total. The van der Waals surface area contributed by atoms with Crippen molar-refractivity contribution in [1.29, 1.82) is 0 Å². The van der Waals surface area contributed by atoms with E-state index in [2.05, 4.69) is 30.4 Å². The van der Waals surface area contributed by atoms with Gasteiger partial charge in [0.05, 0.1) is 16.3 Å². The summed E-state index contributed by atoms with van der Waals surface area (Å²) in [5.74, 6) is 2.37. The lowest BCUT2D eigenvalue weighted by Gasteiger charge is -2.20. The van der Waals surface area contributed by atoms with Crippen LogP contribution in [0.5, 0.6) is 0 Å². The molecule has 0 aliphatic carbocycles. The highest BCUT2D eigenvalue weighted by Gasteiger charge is 2.19. The Labute approximate surface area is 103 Å². The van der Waals surface area contributed by atoms with E-state index in [1.54, 1.807) is 0 Å². The molecular formula is C12H14N2S2. The number of fused-ring (bicyclic) bond motifs is 1. The van der Waals surface area contributed by atoms with Crippen molar-refractivity contribution < 1.29 is 0 Å². The van der Waals surface area contributed by atoms with Gasteiger partial charge in [0.15, 0.2) is 0 Å². The van der Waals surface area contributed by atoms with Crippen LogP contribution in [0.1, 0.15) is 16.6 Å². The second-order valence-corrected chi connectivity index (χ2v) is 6.27. The number of aromatic nitrogens is 1. The first-order valence-corrected chi connectivity index (χ1v) is 7.49. The summed E-state index contributed by atoms with van der Waals surface area (Å²) in [6, 6.07) is 6.87. The summed E-state index contributed by atoms with van der Waals surface area (Å²) in [7, 11) is 0. The van der Waals surface area contributed by atoms with Gasteiger partial charge in [0, 0.05) is 18.1 Å². The van der Waals surface area contributed by atoms with E-state index in [1.807, 2.05) is 23.1 Å².